The van der Waals surface area contributed by atoms with Crippen LogP contribution in [0.25, 0.3) is 11.3 Å². The van der Waals surface area contributed by atoms with Crippen molar-refractivity contribution in [1.82, 2.24) is 4.98 Å². The second-order valence-electron chi connectivity index (χ2n) is 2.87. The molecule has 0 aromatic heterocycles. The van der Waals surface area contributed by atoms with Crippen molar-refractivity contribution >= 4 is 0 Å². The Bertz CT molecular complexity index is 359. The highest BCUT2D eigenvalue weighted by Gasteiger charge is 2.16. The van der Waals surface area contributed by atoms with E-state index in [1.165, 1.54) is 22.4 Å². The van der Waals surface area contributed by atoms with Gasteiger partial charge in [-0.1, -0.05) is 12.1 Å². The van der Waals surface area contributed by atoms with Gasteiger partial charge >= 0.3 is 0 Å². The number of rotatable bonds is 0. The largest absolute Gasteiger partial charge is 0.361 e. The van der Waals surface area contributed by atoms with E-state index in [0.717, 1.165) is 6.42 Å². The van der Waals surface area contributed by atoms with E-state index in [-0.39, 0.29) is 0 Å². The van der Waals surface area contributed by atoms with E-state index in [1.54, 1.807) is 0 Å². The van der Waals surface area contributed by atoms with Crippen molar-refractivity contribution in [3.8, 4) is 11.3 Å². The van der Waals surface area contributed by atoms with Gasteiger partial charge in [-0.3, -0.25) is 0 Å². The van der Waals surface area contributed by atoms with E-state index in [2.05, 4.69) is 29.4 Å². The predicted molar refractivity (Wildman–Crippen MR) is 40.2 cm³/mol. The molecule has 2 heterocycles. The molecule has 0 amide bonds. The molecule has 0 fully saturated rings. The highest BCUT2D eigenvalue weighted by Crippen LogP contribution is 2.33. The standard InChI is InChI=1S/C9H7N/c1-2-8-4-6-3-7(1)9(8)10-5-6/h1-3,5,10H,4H2. The minimum absolute atomic E-state index is 1.13. The summed E-state index contributed by atoms with van der Waals surface area (Å²) >= 11 is 0. The molecule has 1 nitrogen and oxygen atoms in total. The van der Waals surface area contributed by atoms with Crippen LogP contribution in [0, 0.1) is 0 Å². The van der Waals surface area contributed by atoms with E-state index in [9.17, 15) is 0 Å². The van der Waals surface area contributed by atoms with Gasteiger partial charge < -0.3 is 4.98 Å². The zero-order valence-corrected chi connectivity index (χ0v) is 5.52. The third kappa shape index (κ3) is 0.366. The van der Waals surface area contributed by atoms with Crippen molar-refractivity contribution in [3.63, 3.8) is 0 Å². The lowest BCUT2D eigenvalue weighted by Crippen LogP contribution is -1.98. The number of hydrogen-bond donors (Lipinski definition) is 1. The van der Waals surface area contributed by atoms with Crippen molar-refractivity contribution in [1.29, 1.82) is 0 Å². The first-order valence-corrected chi connectivity index (χ1v) is 3.52. The molecule has 0 atom stereocenters. The Labute approximate surface area is 59.0 Å². The van der Waals surface area contributed by atoms with Crippen LogP contribution < -0.4 is 0 Å². The van der Waals surface area contributed by atoms with E-state index in [1.807, 2.05) is 0 Å². The number of H-pyrrole nitrogens is 1. The van der Waals surface area contributed by atoms with E-state index < -0.39 is 0 Å². The van der Waals surface area contributed by atoms with Crippen LogP contribution in [0.15, 0.2) is 24.4 Å². The molecule has 0 spiro atoms. The first-order valence-electron chi connectivity index (χ1n) is 3.52. The summed E-state index contributed by atoms with van der Waals surface area (Å²) in [7, 11) is 0. The molecule has 0 aromatic carbocycles. The Balaban J connectivity index is 2.62. The second-order valence-corrected chi connectivity index (χ2v) is 2.87. The van der Waals surface area contributed by atoms with Gasteiger partial charge in [0.1, 0.15) is 0 Å². The Kier molecular flexibility index (Phi) is 0.575. The number of aromatic nitrogens is 1. The number of nitrogens with one attached hydrogen (secondary N) is 1. The summed E-state index contributed by atoms with van der Waals surface area (Å²) in [5, 5.41) is 0. The van der Waals surface area contributed by atoms with Gasteiger partial charge in [0.15, 0.2) is 0 Å². The molecule has 0 aromatic rings. The van der Waals surface area contributed by atoms with Crippen LogP contribution in [0.1, 0.15) is 11.1 Å². The number of aromatic amines is 1. The highest BCUT2D eigenvalue weighted by molar-refractivity contribution is 5.71. The monoisotopic (exact) mass is 129 g/mol. The van der Waals surface area contributed by atoms with Crippen LogP contribution >= 0.6 is 0 Å². The molecule has 4 rings (SSSR count). The minimum atomic E-state index is 1.13. The lowest BCUT2D eigenvalue weighted by Gasteiger charge is -2.12. The summed E-state index contributed by atoms with van der Waals surface area (Å²) in [5.74, 6) is 0. The molecule has 0 saturated carbocycles. The SMILES string of the molecule is c1[nH]c2c3ccc-2cc1C3. The van der Waals surface area contributed by atoms with E-state index in [0.29, 0.717) is 0 Å². The number of pyridine rings is 1. The Morgan fingerprint density at radius 1 is 1.30 bits per heavy atom. The Morgan fingerprint density at radius 2 is 2.30 bits per heavy atom. The summed E-state index contributed by atoms with van der Waals surface area (Å²) in [5.41, 5.74) is 5.55. The van der Waals surface area contributed by atoms with Gasteiger partial charge in [-0.05, 0) is 22.8 Å². The third-order valence-corrected chi connectivity index (χ3v) is 2.21. The molecule has 4 bridgehead atoms. The normalized spacial score (nSPS) is 13.6. The minimum Gasteiger partial charge on any atom is -0.361 e. The van der Waals surface area contributed by atoms with Gasteiger partial charge in [0, 0.05) is 18.3 Å². The molecular formula is C9H7N. The van der Waals surface area contributed by atoms with Crippen LogP contribution in [0.2, 0.25) is 0 Å². The smallest absolute Gasteiger partial charge is 0.0489 e. The van der Waals surface area contributed by atoms with Crippen molar-refractivity contribution in [2.45, 2.75) is 6.42 Å². The quantitative estimate of drug-likeness (QED) is 0.478. The average Bonchev–Trinajstić information content (AvgIpc) is 2.29. The van der Waals surface area contributed by atoms with Crippen LogP contribution in [0.5, 0.6) is 0 Å². The number of fused-ring (bicyclic) bond motifs is 1. The molecule has 4 aliphatic rings. The second kappa shape index (κ2) is 1.26. The maximum atomic E-state index is 3.27. The molecular weight excluding hydrogens is 122 g/mol. The fourth-order valence-electron chi connectivity index (χ4n) is 1.71. The molecule has 48 valence electrons. The topological polar surface area (TPSA) is 15.8 Å². The van der Waals surface area contributed by atoms with Crippen molar-refractivity contribution in [2.24, 2.45) is 0 Å². The Morgan fingerprint density at radius 3 is 3.00 bits per heavy atom. The summed E-state index contributed by atoms with van der Waals surface area (Å²) in [6.45, 7) is 0. The van der Waals surface area contributed by atoms with Crippen molar-refractivity contribution in [2.75, 3.05) is 0 Å². The maximum Gasteiger partial charge on any atom is 0.0489 e. The van der Waals surface area contributed by atoms with Gasteiger partial charge in [-0.2, -0.15) is 0 Å². The lowest BCUT2D eigenvalue weighted by molar-refractivity contribution is 1.09. The zero-order chi connectivity index (χ0) is 6.55. The summed E-state index contributed by atoms with van der Waals surface area (Å²) in [6.07, 6.45) is 3.22. The lowest BCUT2D eigenvalue weighted by atomic mass is 9.99. The van der Waals surface area contributed by atoms with Crippen LogP contribution in [-0.4, -0.2) is 4.98 Å². The third-order valence-electron chi connectivity index (χ3n) is 2.21. The summed E-state index contributed by atoms with van der Waals surface area (Å²) in [6, 6.07) is 6.63. The Hall–Kier alpha value is -1.24. The first kappa shape index (κ1) is 4.56. The molecule has 0 radical (unpaired) electrons. The van der Waals surface area contributed by atoms with Crippen LogP contribution in [0.4, 0.5) is 0 Å². The predicted octanol–water partition coefficient (Wildman–Crippen LogP) is 2.02. The van der Waals surface area contributed by atoms with E-state index >= 15 is 0 Å². The van der Waals surface area contributed by atoms with Gasteiger partial charge in [0.05, 0.1) is 0 Å². The highest BCUT2D eigenvalue weighted by atomic mass is 14.7. The van der Waals surface area contributed by atoms with E-state index in [4.69, 9.17) is 0 Å². The van der Waals surface area contributed by atoms with Gasteiger partial charge in [-0.15, -0.1) is 0 Å². The molecule has 10 heavy (non-hydrogen) atoms. The molecule has 1 heteroatoms. The molecule has 0 unspecified atom stereocenters. The molecule has 2 aliphatic carbocycles. The fraction of sp³-hybridized carbons (Fsp3) is 0.111. The molecule has 0 saturated heterocycles. The fourth-order valence-corrected chi connectivity index (χ4v) is 1.71. The summed E-state index contributed by atoms with van der Waals surface area (Å²) < 4.78 is 0. The average molecular weight is 129 g/mol. The van der Waals surface area contributed by atoms with Gasteiger partial charge in [-0.25, -0.2) is 0 Å². The zero-order valence-electron chi connectivity index (χ0n) is 5.52. The van der Waals surface area contributed by atoms with Gasteiger partial charge in [0.25, 0.3) is 0 Å². The molecule has 1 N–H and O–H groups in total. The van der Waals surface area contributed by atoms with Crippen LogP contribution in [-0.2, 0) is 6.42 Å². The molecule has 2 aliphatic heterocycles. The first-order chi connectivity index (χ1) is 4.93. The van der Waals surface area contributed by atoms with Crippen molar-refractivity contribution < 1.29 is 0 Å². The van der Waals surface area contributed by atoms with Gasteiger partial charge in [0.2, 0.25) is 0 Å². The summed E-state index contributed by atoms with van der Waals surface area (Å²) in [4.78, 5) is 3.27. The van der Waals surface area contributed by atoms with Crippen LogP contribution in [0.3, 0.4) is 0 Å². The van der Waals surface area contributed by atoms with Crippen molar-refractivity contribution in [3.05, 3.63) is 35.5 Å². The maximum absolute atomic E-state index is 3.27. The number of hydrogen-bond acceptors (Lipinski definition) is 0.